The van der Waals surface area contributed by atoms with E-state index in [9.17, 15) is 4.79 Å². The third kappa shape index (κ3) is 7.21. The standard InChI is InChI=1S/C21H28N4O.HI/c1-5-22-21(24-16(2)18-9-7-6-8-10-18)23-15-17-11-13-19(14-12-17)20(26)25(3)4;/h6-14,16H,5,15H2,1-4H3,(H2,22,23,24);1H. The van der Waals surface area contributed by atoms with Gasteiger partial charge in [-0.2, -0.15) is 0 Å². The molecule has 1 atom stereocenters. The lowest BCUT2D eigenvalue weighted by Gasteiger charge is -2.18. The molecule has 2 aromatic carbocycles. The van der Waals surface area contributed by atoms with E-state index in [4.69, 9.17) is 0 Å². The number of nitrogens with zero attached hydrogens (tertiary/aromatic N) is 2. The first-order chi connectivity index (χ1) is 12.5. The average molecular weight is 480 g/mol. The van der Waals surface area contributed by atoms with Gasteiger partial charge >= 0.3 is 0 Å². The number of aliphatic imine (C=N–C) groups is 1. The maximum atomic E-state index is 11.9. The number of carbonyl (C=O) groups is 1. The van der Waals surface area contributed by atoms with E-state index in [0.29, 0.717) is 12.1 Å². The van der Waals surface area contributed by atoms with Crippen molar-refractivity contribution in [1.82, 2.24) is 15.5 Å². The number of hydrogen-bond donors (Lipinski definition) is 2. The van der Waals surface area contributed by atoms with Gasteiger partial charge in [0.25, 0.3) is 5.91 Å². The van der Waals surface area contributed by atoms with Crippen molar-refractivity contribution in [2.75, 3.05) is 20.6 Å². The van der Waals surface area contributed by atoms with E-state index in [2.05, 4.69) is 34.7 Å². The van der Waals surface area contributed by atoms with Crippen molar-refractivity contribution < 1.29 is 4.79 Å². The van der Waals surface area contributed by atoms with Crippen LogP contribution in [0.3, 0.4) is 0 Å². The Kier molecular flexibility index (Phi) is 9.85. The molecule has 0 aromatic heterocycles. The number of carbonyl (C=O) groups excluding carboxylic acids is 1. The Bertz CT molecular complexity index is 730. The first kappa shape index (κ1) is 23.0. The highest BCUT2D eigenvalue weighted by molar-refractivity contribution is 14.0. The molecule has 0 aliphatic heterocycles. The average Bonchev–Trinajstić information content (AvgIpc) is 2.66. The molecule has 2 aromatic rings. The molecule has 6 heteroatoms. The molecule has 0 aliphatic carbocycles. The molecule has 2 rings (SSSR count). The first-order valence-electron chi connectivity index (χ1n) is 8.91. The van der Waals surface area contributed by atoms with Gasteiger partial charge in [0.1, 0.15) is 0 Å². The molecule has 146 valence electrons. The summed E-state index contributed by atoms with van der Waals surface area (Å²) in [5, 5.41) is 6.70. The van der Waals surface area contributed by atoms with Crippen LogP contribution < -0.4 is 10.6 Å². The van der Waals surface area contributed by atoms with Gasteiger partial charge in [-0.3, -0.25) is 4.79 Å². The Morgan fingerprint density at radius 1 is 1.07 bits per heavy atom. The van der Waals surface area contributed by atoms with Gasteiger partial charge in [0.05, 0.1) is 12.6 Å². The van der Waals surface area contributed by atoms with Crippen molar-refractivity contribution >= 4 is 35.8 Å². The van der Waals surface area contributed by atoms with Crippen molar-refractivity contribution in [3.05, 3.63) is 71.3 Å². The van der Waals surface area contributed by atoms with Gasteiger partial charge < -0.3 is 15.5 Å². The highest BCUT2D eigenvalue weighted by atomic mass is 127. The number of nitrogens with one attached hydrogen (secondary N) is 2. The molecule has 0 bridgehead atoms. The summed E-state index contributed by atoms with van der Waals surface area (Å²) in [6.45, 7) is 5.51. The summed E-state index contributed by atoms with van der Waals surface area (Å²) in [4.78, 5) is 18.2. The zero-order valence-corrected chi connectivity index (χ0v) is 18.7. The van der Waals surface area contributed by atoms with Gasteiger partial charge in [-0.15, -0.1) is 24.0 Å². The van der Waals surface area contributed by atoms with Crippen LogP contribution in [-0.4, -0.2) is 37.4 Å². The Morgan fingerprint density at radius 2 is 1.70 bits per heavy atom. The minimum Gasteiger partial charge on any atom is -0.357 e. The number of halogens is 1. The second-order valence-corrected chi connectivity index (χ2v) is 6.37. The Balaban J connectivity index is 0.00000364. The van der Waals surface area contributed by atoms with Crippen molar-refractivity contribution in [1.29, 1.82) is 0 Å². The molecule has 0 fully saturated rings. The Hall–Kier alpha value is -2.09. The van der Waals surface area contributed by atoms with Crippen molar-refractivity contribution in [2.45, 2.75) is 26.4 Å². The van der Waals surface area contributed by atoms with Crippen LogP contribution in [0, 0.1) is 0 Å². The smallest absolute Gasteiger partial charge is 0.253 e. The largest absolute Gasteiger partial charge is 0.357 e. The van der Waals surface area contributed by atoms with E-state index in [1.54, 1.807) is 19.0 Å². The van der Waals surface area contributed by atoms with Gasteiger partial charge in [-0.1, -0.05) is 42.5 Å². The fourth-order valence-corrected chi connectivity index (χ4v) is 2.53. The molecule has 0 heterocycles. The zero-order valence-electron chi connectivity index (χ0n) is 16.4. The highest BCUT2D eigenvalue weighted by Gasteiger charge is 2.08. The summed E-state index contributed by atoms with van der Waals surface area (Å²) in [7, 11) is 3.51. The van der Waals surface area contributed by atoms with Crippen molar-refractivity contribution in [3.63, 3.8) is 0 Å². The van der Waals surface area contributed by atoms with E-state index in [0.717, 1.165) is 18.1 Å². The van der Waals surface area contributed by atoms with E-state index in [1.165, 1.54) is 5.56 Å². The summed E-state index contributed by atoms with van der Waals surface area (Å²) < 4.78 is 0. The lowest BCUT2D eigenvalue weighted by molar-refractivity contribution is 0.0827. The quantitative estimate of drug-likeness (QED) is 0.376. The van der Waals surface area contributed by atoms with Crippen LogP contribution >= 0.6 is 24.0 Å². The van der Waals surface area contributed by atoms with Crippen LogP contribution in [0.25, 0.3) is 0 Å². The number of guanidine groups is 1. The molecule has 1 amide bonds. The van der Waals surface area contributed by atoms with E-state index >= 15 is 0 Å². The lowest BCUT2D eigenvalue weighted by atomic mass is 10.1. The van der Waals surface area contributed by atoms with Crippen LogP contribution in [0.4, 0.5) is 0 Å². The third-order valence-corrected chi connectivity index (χ3v) is 4.02. The number of amides is 1. The van der Waals surface area contributed by atoms with Crippen molar-refractivity contribution in [3.8, 4) is 0 Å². The van der Waals surface area contributed by atoms with Gasteiger partial charge in [0, 0.05) is 26.2 Å². The summed E-state index contributed by atoms with van der Waals surface area (Å²) >= 11 is 0. The molecule has 0 radical (unpaired) electrons. The zero-order chi connectivity index (χ0) is 18.9. The molecule has 0 aliphatic rings. The Morgan fingerprint density at radius 3 is 2.26 bits per heavy atom. The van der Waals surface area contributed by atoms with E-state index in [-0.39, 0.29) is 35.9 Å². The monoisotopic (exact) mass is 480 g/mol. The second-order valence-electron chi connectivity index (χ2n) is 6.37. The third-order valence-electron chi connectivity index (χ3n) is 4.02. The van der Waals surface area contributed by atoms with Gasteiger partial charge in [0.15, 0.2) is 5.96 Å². The fourth-order valence-electron chi connectivity index (χ4n) is 2.53. The van der Waals surface area contributed by atoms with Gasteiger partial charge in [-0.25, -0.2) is 4.99 Å². The summed E-state index contributed by atoms with van der Waals surface area (Å²) in [5.41, 5.74) is 2.96. The molecular formula is C21H29IN4O. The predicted molar refractivity (Wildman–Crippen MR) is 123 cm³/mol. The lowest BCUT2D eigenvalue weighted by Crippen LogP contribution is -2.38. The maximum Gasteiger partial charge on any atom is 0.253 e. The summed E-state index contributed by atoms with van der Waals surface area (Å²) in [6.07, 6.45) is 0. The number of hydrogen-bond acceptors (Lipinski definition) is 2. The van der Waals surface area contributed by atoms with E-state index in [1.807, 2.05) is 49.4 Å². The second kappa shape index (κ2) is 11.6. The molecule has 5 nitrogen and oxygen atoms in total. The number of rotatable bonds is 6. The molecule has 0 spiro atoms. The predicted octanol–water partition coefficient (Wildman–Crippen LogP) is 3.82. The fraction of sp³-hybridized carbons (Fsp3) is 0.333. The molecule has 27 heavy (non-hydrogen) atoms. The summed E-state index contributed by atoms with van der Waals surface area (Å²) in [6, 6.07) is 18.0. The minimum atomic E-state index is 0. The highest BCUT2D eigenvalue weighted by Crippen LogP contribution is 2.11. The number of benzene rings is 2. The minimum absolute atomic E-state index is 0. The summed E-state index contributed by atoms with van der Waals surface area (Å²) in [5.74, 6) is 0.782. The topological polar surface area (TPSA) is 56.7 Å². The van der Waals surface area contributed by atoms with Crippen LogP contribution in [0.2, 0.25) is 0 Å². The maximum absolute atomic E-state index is 11.9. The van der Waals surface area contributed by atoms with Crippen LogP contribution in [0.15, 0.2) is 59.6 Å². The first-order valence-corrected chi connectivity index (χ1v) is 8.91. The molecule has 0 saturated heterocycles. The van der Waals surface area contributed by atoms with Crippen LogP contribution in [0.1, 0.15) is 41.4 Å². The van der Waals surface area contributed by atoms with Gasteiger partial charge in [0.2, 0.25) is 0 Å². The van der Waals surface area contributed by atoms with Crippen LogP contribution in [-0.2, 0) is 6.54 Å². The van der Waals surface area contributed by atoms with E-state index < -0.39 is 0 Å². The molecule has 1 unspecified atom stereocenters. The normalized spacial score (nSPS) is 11.9. The SMILES string of the molecule is CCNC(=NCc1ccc(C(=O)N(C)C)cc1)NC(C)c1ccccc1.I. The molecule has 2 N–H and O–H groups in total. The van der Waals surface area contributed by atoms with Crippen LogP contribution in [0.5, 0.6) is 0 Å². The molecular weight excluding hydrogens is 451 g/mol. The van der Waals surface area contributed by atoms with Gasteiger partial charge in [-0.05, 0) is 37.1 Å². The van der Waals surface area contributed by atoms with Crippen molar-refractivity contribution in [2.24, 2.45) is 4.99 Å². The Labute approximate surface area is 179 Å². The molecule has 0 saturated carbocycles.